The molecule has 0 radical (unpaired) electrons. The summed E-state index contributed by atoms with van der Waals surface area (Å²) in [7, 11) is 1.24. The number of aromatic nitrogens is 1. The predicted octanol–water partition coefficient (Wildman–Crippen LogP) is 3.23. The lowest BCUT2D eigenvalue weighted by Gasteiger charge is -2.08. The molecule has 0 saturated carbocycles. The van der Waals surface area contributed by atoms with E-state index in [1.807, 2.05) is 12.1 Å². The van der Waals surface area contributed by atoms with Gasteiger partial charge in [0, 0.05) is 16.0 Å². The number of aliphatic hydroxyl groups excluding tert-OH is 1. The molecule has 1 heterocycles. The first-order chi connectivity index (χ1) is 9.52. The summed E-state index contributed by atoms with van der Waals surface area (Å²) in [5.74, 6) is -0.654. The van der Waals surface area contributed by atoms with Gasteiger partial charge >= 0.3 is 5.97 Å². The van der Waals surface area contributed by atoms with Gasteiger partial charge in [0.1, 0.15) is 11.1 Å². The molecule has 6 heteroatoms. The summed E-state index contributed by atoms with van der Waals surface area (Å²) in [6, 6.07) is 7.21. The van der Waals surface area contributed by atoms with Crippen LogP contribution in [0.1, 0.15) is 11.8 Å². The molecule has 2 rings (SSSR count). The Kier molecular flexibility index (Phi) is 4.54. The number of aliphatic hydroxyl groups is 1. The van der Waals surface area contributed by atoms with E-state index in [2.05, 4.69) is 16.3 Å². The minimum absolute atomic E-state index is 0.0412. The number of esters is 1. The topological polar surface area (TPSA) is 59.4 Å². The van der Waals surface area contributed by atoms with Gasteiger partial charge in [-0.2, -0.15) is 0 Å². The van der Waals surface area contributed by atoms with Gasteiger partial charge in [-0.15, -0.1) is 11.3 Å². The van der Waals surface area contributed by atoms with Crippen LogP contribution in [0.4, 0.5) is 0 Å². The van der Waals surface area contributed by atoms with E-state index < -0.39 is 12.1 Å². The van der Waals surface area contributed by atoms with Gasteiger partial charge in [-0.1, -0.05) is 30.3 Å². The third kappa shape index (κ3) is 3.07. The highest BCUT2D eigenvalue weighted by Crippen LogP contribution is 2.29. The molecule has 20 heavy (non-hydrogen) atoms. The molecule has 0 amide bonds. The molecule has 0 aliphatic rings. The number of benzene rings is 1. The highest BCUT2D eigenvalue weighted by molar-refractivity contribution is 7.13. The second-order valence-corrected chi connectivity index (χ2v) is 5.30. The number of carbonyl (C=O) groups excluding carboxylic acids is 1. The van der Waals surface area contributed by atoms with E-state index in [0.29, 0.717) is 10.7 Å². The van der Waals surface area contributed by atoms with E-state index in [0.717, 1.165) is 10.6 Å². The standard InChI is InChI=1S/C14H12ClNO3S/c1-8(14(18)19-2)12(17)11-7-20-13(16-11)9-3-5-10(15)6-4-9/h3-7,12,17H,1H2,2H3. The van der Waals surface area contributed by atoms with Crippen molar-refractivity contribution in [2.75, 3.05) is 7.11 Å². The maximum absolute atomic E-state index is 11.3. The Hall–Kier alpha value is -1.69. The van der Waals surface area contributed by atoms with Crippen molar-refractivity contribution in [3.8, 4) is 10.6 Å². The van der Waals surface area contributed by atoms with Crippen LogP contribution in [0.25, 0.3) is 10.6 Å². The number of methoxy groups -OCH3 is 1. The molecule has 0 aliphatic carbocycles. The first-order valence-corrected chi connectivity index (χ1v) is 6.95. The highest BCUT2D eigenvalue weighted by Gasteiger charge is 2.21. The average molecular weight is 310 g/mol. The summed E-state index contributed by atoms with van der Waals surface area (Å²) in [5, 5.41) is 13.1. The smallest absolute Gasteiger partial charge is 0.336 e. The van der Waals surface area contributed by atoms with Crippen LogP contribution in [0, 0.1) is 0 Å². The summed E-state index contributed by atoms with van der Waals surface area (Å²) in [4.78, 5) is 15.6. The molecule has 1 atom stereocenters. The molecule has 0 spiro atoms. The number of nitrogens with zero attached hydrogens (tertiary/aromatic N) is 1. The molecular formula is C14H12ClNO3S. The maximum Gasteiger partial charge on any atom is 0.336 e. The monoisotopic (exact) mass is 309 g/mol. The predicted molar refractivity (Wildman–Crippen MR) is 78.7 cm³/mol. The molecule has 0 fully saturated rings. The Balaban J connectivity index is 2.22. The number of ether oxygens (including phenoxy) is 1. The molecule has 0 saturated heterocycles. The van der Waals surface area contributed by atoms with Crippen LogP contribution in [0.5, 0.6) is 0 Å². The van der Waals surface area contributed by atoms with Crippen molar-refractivity contribution in [2.45, 2.75) is 6.10 Å². The minimum Gasteiger partial charge on any atom is -0.466 e. The average Bonchev–Trinajstić information content (AvgIpc) is 2.95. The Morgan fingerprint density at radius 1 is 1.45 bits per heavy atom. The molecule has 4 nitrogen and oxygen atoms in total. The van der Waals surface area contributed by atoms with Gasteiger partial charge < -0.3 is 9.84 Å². The number of carbonyl (C=O) groups is 1. The lowest BCUT2D eigenvalue weighted by Crippen LogP contribution is -2.12. The van der Waals surface area contributed by atoms with Gasteiger partial charge in [0.05, 0.1) is 18.4 Å². The van der Waals surface area contributed by atoms with Crippen molar-refractivity contribution >= 4 is 28.9 Å². The van der Waals surface area contributed by atoms with Gasteiger partial charge in [0.25, 0.3) is 0 Å². The van der Waals surface area contributed by atoms with Gasteiger partial charge in [-0.3, -0.25) is 0 Å². The number of halogens is 1. The Bertz CT molecular complexity index is 636. The van der Waals surface area contributed by atoms with E-state index in [1.165, 1.54) is 18.4 Å². The molecule has 0 bridgehead atoms. The minimum atomic E-state index is -1.17. The largest absolute Gasteiger partial charge is 0.466 e. The number of hydrogen-bond donors (Lipinski definition) is 1. The SMILES string of the molecule is C=C(C(=O)OC)C(O)c1csc(-c2ccc(Cl)cc2)n1. The zero-order valence-corrected chi connectivity index (χ0v) is 12.2. The van der Waals surface area contributed by atoms with Crippen molar-refractivity contribution in [2.24, 2.45) is 0 Å². The third-order valence-corrected chi connectivity index (χ3v) is 3.83. The van der Waals surface area contributed by atoms with E-state index in [1.54, 1.807) is 17.5 Å². The first-order valence-electron chi connectivity index (χ1n) is 5.69. The Labute approximate surface area is 125 Å². The molecule has 2 aromatic rings. The molecule has 1 aromatic carbocycles. The summed E-state index contributed by atoms with van der Waals surface area (Å²) in [5.41, 5.74) is 1.22. The third-order valence-electron chi connectivity index (χ3n) is 2.67. The van der Waals surface area contributed by atoms with Crippen LogP contribution < -0.4 is 0 Å². The van der Waals surface area contributed by atoms with Crippen LogP contribution in [0.15, 0.2) is 41.8 Å². The Morgan fingerprint density at radius 3 is 2.70 bits per heavy atom. The van der Waals surface area contributed by atoms with Crippen molar-refractivity contribution in [1.82, 2.24) is 4.98 Å². The Morgan fingerprint density at radius 2 is 2.10 bits per heavy atom. The molecule has 1 N–H and O–H groups in total. The molecule has 104 valence electrons. The summed E-state index contributed by atoms with van der Waals surface area (Å²) < 4.78 is 4.52. The maximum atomic E-state index is 11.3. The van der Waals surface area contributed by atoms with Crippen LogP contribution in [-0.4, -0.2) is 23.2 Å². The van der Waals surface area contributed by atoms with Crippen LogP contribution in [0.2, 0.25) is 5.02 Å². The normalized spacial score (nSPS) is 11.9. The lowest BCUT2D eigenvalue weighted by molar-refractivity contribution is -0.137. The molecule has 1 unspecified atom stereocenters. The van der Waals surface area contributed by atoms with Crippen LogP contribution in [-0.2, 0) is 9.53 Å². The molecule has 0 aliphatic heterocycles. The summed E-state index contributed by atoms with van der Waals surface area (Å²) >= 11 is 7.19. The van der Waals surface area contributed by atoms with Crippen molar-refractivity contribution < 1.29 is 14.6 Å². The second-order valence-electron chi connectivity index (χ2n) is 4.00. The van der Waals surface area contributed by atoms with Crippen molar-refractivity contribution in [3.63, 3.8) is 0 Å². The zero-order valence-electron chi connectivity index (χ0n) is 10.7. The quantitative estimate of drug-likeness (QED) is 0.696. The molecule has 1 aromatic heterocycles. The van der Waals surface area contributed by atoms with E-state index in [9.17, 15) is 9.90 Å². The van der Waals surface area contributed by atoms with Gasteiger partial charge in [0.15, 0.2) is 0 Å². The van der Waals surface area contributed by atoms with Gasteiger partial charge in [-0.05, 0) is 12.1 Å². The van der Waals surface area contributed by atoms with E-state index in [-0.39, 0.29) is 5.57 Å². The van der Waals surface area contributed by atoms with Crippen LogP contribution >= 0.6 is 22.9 Å². The zero-order chi connectivity index (χ0) is 14.7. The summed E-state index contributed by atoms with van der Waals surface area (Å²) in [6.07, 6.45) is -1.17. The highest BCUT2D eigenvalue weighted by atomic mass is 35.5. The van der Waals surface area contributed by atoms with Gasteiger partial charge in [0.2, 0.25) is 0 Å². The lowest BCUT2D eigenvalue weighted by atomic mass is 10.1. The summed E-state index contributed by atoms with van der Waals surface area (Å²) in [6.45, 7) is 3.52. The number of thiazole rings is 1. The fourth-order valence-corrected chi connectivity index (χ4v) is 2.53. The van der Waals surface area contributed by atoms with E-state index in [4.69, 9.17) is 11.6 Å². The van der Waals surface area contributed by atoms with Crippen LogP contribution in [0.3, 0.4) is 0 Å². The fourth-order valence-electron chi connectivity index (χ4n) is 1.56. The second kappa shape index (κ2) is 6.17. The molecular weight excluding hydrogens is 298 g/mol. The first kappa shape index (κ1) is 14.7. The van der Waals surface area contributed by atoms with Crippen molar-refractivity contribution in [3.05, 3.63) is 52.5 Å². The van der Waals surface area contributed by atoms with Crippen molar-refractivity contribution in [1.29, 1.82) is 0 Å². The number of hydrogen-bond acceptors (Lipinski definition) is 5. The number of rotatable bonds is 4. The fraction of sp³-hybridized carbons (Fsp3) is 0.143. The van der Waals surface area contributed by atoms with Gasteiger partial charge in [-0.25, -0.2) is 9.78 Å². The van der Waals surface area contributed by atoms with E-state index >= 15 is 0 Å².